The number of benzene rings is 3. The molecule has 68 heavy (non-hydrogen) atoms. The van der Waals surface area contributed by atoms with Crippen LogP contribution < -0.4 is 20.9 Å². The average molecular weight is 930 g/mol. The number of rotatable bonds is 14. The van der Waals surface area contributed by atoms with Crippen molar-refractivity contribution in [3.8, 4) is 11.1 Å². The molecule has 0 radical (unpaired) electrons. The van der Waals surface area contributed by atoms with E-state index in [2.05, 4.69) is 54.0 Å². The molecule has 0 saturated carbocycles. The number of fused-ring (bicyclic) bond motifs is 1. The number of piperidine rings is 2. The number of amides is 4. The number of imide groups is 1. The molecule has 6 aromatic rings. The third kappa shape index (κ3) is 10.8. The van der Waals surface area contributed by atoms with Crippen molar-refractivity contribution >= 4 is 46.0 Å². The maximum absolute atomic E-state index is 13.5. The van der Waals surface area contributed by atoms with Crippen LogP contribution in [-0.2, 0) is 45.4 Å². The predicted molar refractivity (Wildman–Crippen MR) is 250 cm³/mol. The van der Waals surface area contributed by atoms with Crippen LogP contribution in [0.1, 0.15) is 60.0 Å². The molecule has 3 aromatic heterocycles. The molecule has 18 heteroatoms. The van der Waals surface area contributed by atoms with E-state index in [-0.39, 0.29) is 30.2 Å². The van der Waals surface area contributed by atoms with Crippen molar-refractivity contribution in [2.45, 2.75) is 56.8 Å². The minimum atomic E-state index is -4.40. The van der Waals surface area contributed by atoms with E-state index in [9.17, 15) is 32.3 Å². The number of alkyl halides is 3. The van der Waals surface area contributed by atoms with Gasteiger partial charge in [-0.25, -0.2) is 4.98 Å². The van der Waals surface area contributed by atoms with Gasteiger partial charge in [-0.15, -0.1) is 0 Å². The SMILES string of the molecule is Cn1nc(C2CCC(=O)NC2=O)c2ccc(N3CCN(CC4CCN(C(=O)Cn5cc(-c6ccc(NC(=O)C(NCCc7ccc(C(F)(F)F)cc7)c7ccccc7)nc6)cn5)CC4)CC3)cc21. The minimum Gasteiger partial charge on any atom is -0.369 e. The van der Waals surface area contributed by atoms with Crippen LogP contribution in [0.4, 0.5) is 24.7 Å². The fourth-order valence-electron chi connectivity index (χ4n) is 9.50. The third-order valence-electron chi connectivity index (χ3n) is 13.4. The van der Waals surface area contributed by atoms with Gasteiger partial charge in [0.1, 0.15) is 18.4 Å². The first kappa shape index (κ1) is 46.2. The standard InChI is InChI=1S/C50H54F3N11O4/c1-60-42-27-39(12-13-40(42)47(59-60)41-14-16-44(65)58-48(41)67)62-25-23-61(24-26-62)30-34-18-21-63(22-19-34)45(66)32-64-31-37(29-56-64)36-9-15-43(55-28-36)57-49(68)46(35-5-3-2-4-6-35)54-20-17-33-7-10-38(11-8-33)50(51,52)53/h2-13,15,27-29,31,34,41,46,54H,14,16-26,30,32H2,1H3,(H,55,57,68)(H,58,65,67). The number of likely N-dealkylation sites (tertiary alicyclic amines) is 1. The third-order valence-corrected chi connectivity index (χ3v) is 13.4. The van der Waals surface area contributed by atoms with Gasteiger partial charge < -0.3 is 20.4 Å². The normalized spacial score (nSPS) is 17.9. The van der Waals surface area contributed by atoms with Crippen LogP contribution in [0, 0.1) is 5.92 Å². The average Bonchev–Trinajstić information content (AvgIpc) is 3.94. The highest BCUT2D eigenvalue weighted by atomic mass is 19.4. The van der Waals surface area contributed by atoms with Crippen molar-refractivity contribution in [2.75, 3.05) is 62.6 Å². The number of hydrogen-bond acceptors (Lipinski definition) is 10. The van der Waals surface area contributed by atoms with Crippen LogP contribution in [0.2, 0.25) is 0 Å². The van der Waals surface area contributed by atoms with Crippen molar-refractivity contribution < 1.29 is 32.3 Å². The van der Waals surface area contributed by atoms with Crippen molar-refractivity contribution in [1.82, 2.24) is 45.0 Å². The second-order valence-electron chi connectivity index (χ2n) is 17.9. The van der Waals surface area contributed by atoms with Crippen molar-refractivity contribution in [2.24, 2.45) is 13.0 Å². The number of halogens is 3. The van der Waals surface area contributed by atoms with Gasteiger partial charge in [0.15, 0.2) is 0 Å². The summed E-state index contributed by atoms with van der Waals surface area (Å²) < 4.78 is 42.5. The van der Waals surface area contributed by atoms with Gasteiger partial charge in [-0.05, 0) is 85.2 Å². The van der Waals surface area contributed by atoms with Crippen LogP contribution >= 0.6 is 0 Å². The van der Waals surface area contributed by atoms with E-state index in [0.717, 1.165) is 96.7 Å². The lowest BCUT2D eigenvalue weighted by Gasteiger charge is -2.39. The molecule has 6 heterocycles. The molecular formula is C50H54F3N11O4. The Morgan fingerprint density at radius 1 is 0.868 bits per heavy atom. The lowest BCUT2D eigenvalue weighted by Crippen LogP contribution is -2.49. The molecule has 0 spiro atoms. The summed E-state index contributed by atoms with van der Waals surface area (Å²) in [6.45, 7) is 6.60. The Kier molecular flexibility index (Phi) is 13.7. The highest BCUT2D eigenvalue weighted by Crippen LogP contribution is 2.33. The Balaban J connectivity index is 0.713. The molecule has 3 aliphatic rings. The van der Waals surface area contributed by atoms with Gasteiger partial charge in [-0.1, -0.05) is 42.5 Å². The molecule has 3 aromatic carbocycles. The highest BCUT2D eigenvalue weighted by molar-refractivity contribution is 6.02. The zero-order valence-corrected chi connectivity index (χ0v) is 37.8. The molecule has 354 valence electrons. The zero-order chi connectivity index (χ0) is 47.4. The van der Waals surface area contributed by atoms with Gasteiger partial charge in [0, 0.05) is 100 Å². The lowest BCUT2D eigenvalue weighted by molar-refractivity contribution is -0.138. The van der Waals surface area contributed by atoms with Gasteiger partial charge in [0.2, 0.25) is 23.6 Å². The van der Waals surface area contributed by atoms with Crippen LogP contribution in [0.5, 0.6) is 0 Å². The van der Waals surface area contributed by atoms with E-state index in [1.165, 1.54) is 12.1 Å². The summed E-state index contributed by atoms with van der Waals surface area (Å²) in [6.07, 6.45) is 3.85. The first-order valence-electron chi connectivity index (χ1n) is 23.1. The number of nitrogens with zero attached hydrogens (tertiary/aromatic N) is 8. The summed E-state index contributed by atoms with van der Waals surface area (Å²) >= 11 is 0. The van der Waals surface area contributed by atoms with E-state index in [4.69, 9.17) is 5.10 Å². The lowest BCUT2D eigenvalue weighted by atomic mass is 9.93. The van der Waals surface area contributed by atoms with E-state index in [1.54, 1.807) is 23.1 Å². The van der Waals surface area contributed by atoms with E-state index in [1.807, 2.05) is 59.2 Å². The molecular weight excluding hydrogens is 876 g/mol. The smallest absolute Gasteiger partial charge is 0.369 e. The minimum absolute atomic E-state index is 0.0264. The summed E-state index contributed by atoms with van der Waals surface area (Å²) in [4.78, 5) is 62.6. The predicted octanol–water partition coefficient (Wildman–Crippen LogP) is 5.94. The molecule has 9 rings (SSSR count). The number of carbonyl (C=O) groups is 4. The fourth-order valence-corrected chi connectivity index (χ4v) is 9.50. The Morgan fingerprint density at radius 3 is 2.34 bits per heavy atom. The van der Waals surface area contributed by atoms with Gasteiger partial charge in [-0.2, -0.15) is 23.4 Å². The summed E-state index contributed by atoms with van der Waals surface area (Å²) in [5.74, 6) is -0.388. The molecule has 3 aliphatic heterocycles. The Morgan fingerprint density at radius 2 is 1.63 bits per heavy atom. The molecule has 3 saturated heterocycles. The highest BCUT2D eigenvalue weighted by Gasteiger charge is 2.33. The van der Waals surface area contributed by atoms with Crippen molar-refractivity contribution in [3.63, 3.8) is 0 Å². The first-order chi connectivity index (χ1) is 32.8. The molecule has 4 amide bonds. The maximum atomic E-state index is 13.5. The summed E-state index contributed by atoms with van der Waals surface area (Å²) in [7, 11) is 1.89. The van der Waals surface area contributed by atoms with Gasteiger partial charge in [-0.3, -0.25) is 38.8 Å². The van der Waals surface area contributed by atoms with Gasteiger partial charge in [0.25, 0.3) is 0 Å². The van der Waals surface area contributed by atoms with Crippen LogP contribution in [0.15, 0.2) is 104 Å². The molecule has 3 fully saturated rings. The van der Waals surface area contributed by atoms with E-state index in [0.29, 0.717) is 56.2 Å². The number of carbonyl (C=O) groups excluding carboxylic acids is 4. The Labute approximate surface area is 391 Å². The van der Waals surface area contributed by atoms with Gasteiger partial charge >= 0.3 is 6.18 Å². The van der Waals surface area contributed by atoms with E-state index < -0.39 is 23.7 Å². The number of aryl methyl sites for hydroxylation is 1. The number of pyridine rings is 1. The molecule has 3 N–H and O–H groups in total. The number of hydrogen-bond donors (Lipinski definition) is 3. The van der Waals surface area contributed by atoms with Gasteiger partial charge in [0.05, 0.1) is 28.9 Å². The monoisotopic (exact) mass is 929 g/mol. The second-order valence-corrected chi connectivity index (χ2v) is 17.9. The molecule has 15 nitrogen and oxygen atoms in total. The fraction of sp³-hybridized carbons (Fsp3) is 0.380. The zero-order valence-electron chi connectivity index (χ0n) is 37.8. The van der Waals surface area contributed by atoms with Crippen molar-refractivity contribution in [1.29, 1.82) is 0 Å². The number of nitrogens with one attached hydrogen (secondary N) is 3. The largest absolute Gasteiger partial charge is 0.416 e. The summed E-state index contributed by atoms with van der Waals surface area (Å²) in [6, 6.07) is 23.3. The number of aromatic nitrogens is 5. The Bertz CT molecular complexity index is 2740. The first-order valence-corrected chi connectivity index (χ1v) is 23.1. The molecule has 2 atom stereocenters. The number of piperazine rings is 1. The maximum Gasteiger partial charge on any atom is 0.416 e. The van der Waals surface area contributed by atoms with Crippen LogP contribution in [0.3, 0.4) is 0 Å². The van der Waals surface area contributed by atoms with Crippen LogP contribution in [-0.4, -0.2) is 110 Å². The molecule has 0 aliphatic carbocycles. The number of anilines is 2. The quantitative estimate of drug-likeness (QED) is 0.112. The summed E-state index contributed by atoms with van der Waals surface area (Å²) in [5, 5.41) is 18.7. The molecule has 0 bridgehead atoms. The summed E-state index contributed by atoms with van der Waals surface area (Å²) in [5.41, 5.74) is 5.11. The molecule has 2 unspecified atom stereocenters. The Hall–Kier alpha value is -6.92. The van der Waals surface area contributed by atoms with Crippen LogP contribution in [0.25, 0.3) is 22.0 Å². The topological polar surface area (TPSA) is 163 Å². The van der Waals surface area contributed by atoms with E-state index >= 15 is 0 Å². The second kappa shape index (κ2) is 20.1. The van der Waals surface area contributed by atoms with Crippen molar-refractivity contribution in [3.05, 3.63) is 126 Å².